The first-order valence-electron chi connectivity index (χ1n) is 3.41. The Morgan fingerprint density at radius 3 is 2.83 bits per heavy atom. The molecular weight excluding hydrogens is 190 g/mol. The van der Waals surface area contributed by atoms with Gasteiger partial charge in [-0.3, -0.25) is 0 Å². The topological polar surface area (TPSA) is 49.1 Å². The summed E-state index contributed by atoms with van der Waals surface area (Å²) in [7, 11) is 0. The van der Waals surface area contributed by atoms with Crippen LogP contribution in [0.2, 0.25) is 0 Å². The first kappa shape index (κ1) is 8.07. The van der Waals surface area contributed by atoms with E-state index in [2.05, 4.69) is 0 Å². The van der Waals surface area contributed by atoms with E-state index in [0.717, 1.165) is 15.0 Å². The Morgan fingerprint density at radius 1 is 1.33 bits per heavy atom. The Labute approximate surface area is 77.3 Å². The van der Waals surface area contributed by atoms with Gasteiger partial charge in [0.1, 0.15) is 0 Å². The number of hydrogen-bond donors (Lipinski definition) is 1. The molecule has 2 aromatic rings. The van der Waals surface area contributed by atoms with E-state index in [0.29, 0.717) is 0 Å². The highest BCUT2D eigenvalue weighted by atomic mass is 32.2. The van der Waals surface area contributed by atoms with Crippen molar-refractivity contribution in [2.24, 2.45) is 5.14 Å². The molecule has 12 heavy (non-hydrogen) atoms. The monoisotopic (exact) mass is 197 g/mol. The summed E-state index contributed by atoms with van der Waals surface area (Å²) in [6.45, 7) is 0. The van der Waals surface area contributed by atoms with Crippen LogP contribution in [0.15, 0.2) is 34.5 Å². The van der Waals surface area contributed by atoms with Crippen LogP contribution in [0.25, 0.3) is 10.1 Å². The third kappa shape index (κ3) is 1.23. The first-order valence-corrected chi connectivity index (χ1v) is 5.50. The van der Waals surface area contributed by atoms with E-state index in [1.165, 1.54) is 0 Å². The van der Waals surface area contributed by atoms with Gasteiger partial charge < -0.3 is 4.55 Å². The minimum absolute atomic E-state index is 0.732. The van der Waals surface area contributed by atoms with E-state index in [-0.39, 0.29) is 0 Å². The fraction of sp³-hybridized carbons (Fsp3) is 0. The minimum atomic E-state index is -1.36. The number of thiophene rings is 1. The number of fused-ring (bicyclic) bond motifs is 1. The van der Waals surface area contributed by atoms with E-state index in [1.807, 2.05) is 29.6 Å². The number of benzene rings is 1. The maximum Gasteiger partial charge on any atom is 0.192 e. The highest BCUT2D eigenvalue weighted by Gasteiger charge is 2.11. The van der Waals surface area contributed by atoms with Crippen molar-refractivity contribution >= 4 is 32.8 Å². The third-order valence-corrected chi connectivity index (χ3v) is 3.55. The Kier molecular flexibility index (Phi) is 2.06. The molecule has 1 aromatic heterocycles. The van der Waals surface area contributed by atoms with Crippen LogP contribution in [0.5, 0.6) is 0 Å². The summed E-state index contributed by atoms with van der Waals surface area (Å²) in [4.78, 5) is 0.732. The molecular formula is C8H7NOS2. The summed E-state index contributed by atoms with van der Waals surface area (Å²) in [5.74, 6) is 0. The smallest absolute Gasteiger partial charge is 0.192 e. The molecule has 1 heterocycles. The van der Waals surface area contributed by atoms with E-state index in [1.54, 1.807) is 11.3 Å². The molecule has 62 valence electrons. The number of nitrogens with two attached hydrogens (primary N) is 1. The van der Waals surface area contributed by atoms with E-state index < -0.39 is 11.4 Å². The molecule has 0 saturated heterocycles. The maximum atomic E-state index is 11.0. The Bertz CT molecular complexity index is 397. The Morgan fingerprint density at radius 2 is 2.08 bits per heavy atom. The zero-order chi connectivity index (χ0) is 8.55. The quantitative estimate of drug-likeness (QED) is 0.710. The van der Waals surface area contributed by atoms with Crippen molar-refractivity contribution in [2.45, 2.75) is 4.90 Å². The SMILES string of the molecule is N[S+]([O-])c1csc2ccccc12. The van der Waals surface area contributed by atoms with Gasteiger partial charge in [0.15, 0.2) is 4.90 Å². The molecule has 0 saturated carbocycles. The third-order valence-electron chi connectivity index (χ3n) is 1.66. The van der Waals surface area contributed by atoms with Gasteiger partial charge in [-0.2, -0.15) is 0 Å². The lowest BCUT2D eigenvalue weighted by atomic mass is 10.3. The van der Waals surface area contributed by atoms with Crippen LogP contribution in [-0.4, -0.2) is 4.55 Å². The lowest BCUT2D eigenvalue weighted by Gasteiger charge is -1.98. The van der Waals surface area contributed by atoms with Gasteiger partial charge in [-0.25, -0.2) is 0 Å². The first-order chi connectivity index (χ1) is 5.79. The second-order valence-corrected chi connectivity index (χ2v) is 4.34. The van der Waals surface area contributed by atoms with Crippen molar-refractivity contribution in [3.8, 4) is 0 Å². The van der Waals surface area contributed by atoms with E-state index in [4.69, 9.17) is 5.14 Å². The van der Waals surface area contributed by atoms with Crippen molar-refractivity contribution in [1.29, 1.82) is 0 Å². The van der Waals surface area contributed by atoms with Gasteiger partial charge in [0.05, 0.1) is 11.4 Å². The van der Waals surface area contributed by atoms with Crippen molar-refractivity contribution in [3.05, 3.63) is 29.6 Å². The average molecular weight is 197 g/mol. The Balaban J connectivity index is 2.70. The van der Waals surface area contributed by atoms with Gasteiger partial charge in [-0.05, 0) is 12.1 Å². The van der Waals surface area contributed by atoms with Gasteiger partial charge in [-0.1, -0.05) is 12.1 Å². The van der Waals surface area contributed by atoms with Crippen LogP contribution >= 0.6 is 11.3 Å². The van der Waals surface area contributed by atoms with Crippen LogP contribution in [0.3, 0.4) is 0 Å². The molecule has 1 aromatic carbocycles. The van der Waals surface area contributed by atoms with Crippen LogP contribution < -0.4 is 5.14 Å². The maximum absolute atomic E-state index is 11.0. The molecule has 0 aliphatic heterocycles. The summed E-state index contributed by atoms with van der Waals surface area (Å²) in [6.07, 6.45) is 0. The lowest BCUT2D eigenvalue weighted by Crippen LogP contribution is -2.11. The van der Waals surface area contributed by atoms with Crippen LogP contribution in [0, 0.1) is 0 Å². The van der Waals surface area contributed by atoms with Gasteiger partial charge in [-0.15, -0.1) is 16.5 Å². The predicted octanol–water partition coefficient (Wildman–Crippen LogP) is 1.88. The second-order valence-electron chi connectivity index (χ2n) is 2.39. The second kappa shape index (κ2) is 3.06. The zero-order valence-corrected chi connectivity index (χ0v) is 7.82. The molecule has 0 spiro atoms. The summed E-state index contributed by atoms with van der Waals surface area (Å²) in [6, 6.07) is 7.82. The average Bonchev–Trinajstić information content (AvgIpc) is 2.47. The largest absolute Gasteiger partial charge is 0.593 e. The molecule has 0 bridgehead atoms. The highest BCUT2D eigenvalue weighted by molar-refractivity contribution is 7.89. The van der Waals surface area contributed by atoms with Gasteiger partial charge >= 0.3 is 0 Å². The number of rotatable bonds is 1. The van der Waals surface area contributed by atoms with Crippen LogP contribution in [0.1, 0.15) is 0 Å². The fourth-order valence-corrected chi connectivity index (χ4v) is 2.92. The van der Waals surface area contributed by atoms with Crippen molar-refractivity contribution in [3.63, 3.8) is 0 Å². The highest BCUT2D eigenvalue weighted by Crippen LogP contribution is 2.27. The van der Waals surface area contributed by atoms with Crippen molar-refractivity contribution in [1.82, 2.24) is 0 Å². The van der Waals surface area contributed by atoms with Gasteiger partial charge in [0, 0.05) is 15.5 Å². The van der Waals surface area contributed by atoms with Crippen LogP contribution in [-0.2, 0) is 11.4 Å². The summed E-state index contributed by atoms with van der Waals surface area (Å²) >= 11 is 0.207. The minimum Gasteiger partial charge on any atom is -0.593 e. The van der Waals surface area contributed by atoms with E-state index in [9.17, 15) is 4.55 Å². The Hall–Kier alpha value is -0.550. The lowest BCUT2D eigenvalue weighted by molar-refractivity contribution is 0.598. The molecule has 0 aliphatic carbocycles. The van der Waals surface area contributed by atoms with Crippen molar-refractivity contribution in [2.75, 3.05) is 0 Å². The molecule has 0 radical (unpaired) electrons. The van der Waals surface area contributed by atoms with E-state index >= 15 is 0 Å². The standard InChI is InChI=1S/C8H7NOS2/c9-12(10)8-5-11-7-4-2-1-3-6(7)8/h1-5H,9H2. The fourth-order valence-electron chi connectivity index (χ4n) is 1.11. The van der Waals surface area contributed by atoms with Crippen molar-refractivity contribution < 1.29 is 4.55 Å². The normalized spacial score (nSPS) is 13.5. The predicted molar refractivity (Wildman–Crippen MR) is 52.4 cm³/mol. The zero-order valence-electron chi connectivity index (χ0n) is 6.19. The van der Waals surface area contributed by atoms with Gasteiger partial charge in [0.2, 0.25) is 0 Å². The molecule has 2 nitrogen and oxygen atoms in total. The summed E-state index contributed by atoms with van der Waals surface area (Å²) < 4.78 is 12.1. The van der Waals surface area contributed by atoms with Crippen LogP contribution in [0.4, 0.5) is 0 Å². The summed E-state index contributed by atoms with van der Waals surface area (Å²) in [5, 5.41) is 8.15. The molecule has 1 unspecified atom stereocenters. The molecule has 1 atom stereocenters. The molecule has 4 heteroatoms. The molecule has 2 N–H and O–H groups in total. The van der Waals surface area contributed by atoms with Gasteiger partial charge in [0.25, 0.3) is 0 Å². The summed E-state index contributed by atoms with van der Waals surface area (Å²) in [5.41, 5.74) is 0. The molecule has 0 aliphatic rings. The molecule has 2 rings (SSSR count). The molecule has 0 fully saturated rings. The number of hydrogen-bond acceptors (Lipinski definition) is 3. The molecule has 0 amide bonds.